The highest BCUT2D eigenvalue weighted by Crippen LogP contribution is 2.27. The van der Waals surface area contributed by atoms with Gasteiger partial charge in [-0.15, -0.1) is 10.2 Å². The SMILES string of the molecule is CC[C@H]1CCC[C@H](NC(=O)c2cccc(-c3nnc(COC)o3)c2)C1. The highest BCUT2D eigenvalue weighted by atomic mass is 16.5. The van der Waals surface area contributed by atoms with Crippen LogP contribution in [-0.2, 0) is 11.3 Å². The molecule has 0 aliphatic heterocycles. The summed E-state index contributed by atoms with van der Waals surface area (Å²) in [5, 5.41) is 11.1. The van der Waals surface area contributed by atoms with Crippen LogP contribution in [0, 0.1) is 5.92 Å². The average Bonchev–Trinajstić information content (AvgIpc) is 3.11. The summed E-state index contributed by atoms with van der Waals surface area (Å²) in [7, 11) is 1.57. The summed E-state index contributed by atoms with van der Waals surface area (Å²) in [6, 6.07) is 7.56. The summed E-state index contributed by atoms with van der Waals surface area (Å²) in [4.78, 5) is 12.6. The number of nitrogens with zero attached hydrogens (tertiary/aromatic N) is 2. The van der Waals surface area contributed by atoms with Gasteiger partial charge < -0.3 is 14.5 Å². The van der Waals surface area contributed by atoms with Crippen LogP contribution in [0.15, 0.2) is 28.7 Å². The largest absolute Gasteiger partial charge is 0.418 e. The van der Waals surface area contributed by atoms with Crippen LogP contribution < -0.4 is 5.32 Å². The first kappa shape index (κ1) is 17.6. The summed E-state index contributed by atoms with van der Waals surface area (Å²) in [6.07, 6.45) is 5.79. The summed E-state index contributed by atoms with van der Waals surface area (Å²) in [5.74, 6) is 1.49. The van der Waals surface area contributed by atoms with Crippen LogP contribution in [0.2, 0.25) is 0 Å². The lowest BCUT2D eigenvalue weighted by molar-refractivity contribution is 0.0919. The molecule has 1 saturated carbocycles. The monoisotopic (exact) mass is 343 g/mol. The Bertz CT molecular complexity index is 713. The van der Waals surface area contributed by atoms with Gasteiger partial charge in [0, 0.05) is 24.3 Å². The van der Waals surface area contributed by atoms with Gasteiger partial charge in [0.25, 0.3) is 5.91 Å². The van der Waals surface area contributed by atoms with Crippen LogP contribution >= 0.6 is 0 Å². The molecule has 1 aromatic carbocycles. The minimum Gasteiger partial charge on any atom is -0.418 e. The zero-order chi connectivity index (χ0) is 17.6. The first-order chi connectivity index (χ1) is 12.2. The van der Waals surface area contributed by atoms with E-state index in [2.05, 4.69) is 22.4 Å². The van der Waals surface area contributed by atoms with E-state index in [1.165, 1.54) is 19.3 Å². The molecule has 2 aromatic rings. The Hall–Kier alpha value is -2.21. The second-order valence-electron chi connectivity index (χ2n) is 6.63. The number of hydrogen-bond acceptors (Lipinski definition) is 5. The molecule has 1 aliphatic carbocycles. The van der Waals surface area contributed by atoms with Gasteiger partial charge in [0.15, 0.2) is 0 Å². The van der Waals surface area contributed by atoms with E-state index < -0.39 is 0 Å². The molecule has 1 fully saturated rings. The molecule has 6 nitrogen and oxygen atoms in total. The first-order valence-corrected chi connectivity index (χ1v) is 8.92. The number of hydrogen-bond donors (Lipinski definition) is 1. The number of carbonyl (C=O) groups is 1. The molecule has 0 saturated heterocycles. The fraction of sp³-hybridized carbons (Fsp3) is 0.526. The molecular formula is C19H25N3O3. The van der Waals surface area contributed by atoms with Crippen LogP contribution in [-0.4, -0.2) is 29.3 Å². The van der Waals surface area contributed by atoms with E-state index in [9.17, 15) is 4.79 Å². The Balaban J connectivity index is 1.68. The fourth-order valence-corrected chi connectivity index (χ4v) is 3.41. The molecule has 0 spiro atoms. The van der Waals surface area contributed by atoms with Gasteiger partial charge in [0.1, 0.15) is 6.61 Å². The third kappa shape index (κ3) is 4.45. The zero-order valence-corrected chi connectivity index (χ0v) is 14.8. The molecule has 1 N–H and O–H groups in total. The van der Waals surface area contributed by atoms with Crippen molar-refractivity contribution in [3.63, 3.8) is 0 Å². The lowest BCUT2D eigenvalue weighted by atomic mass is 9.84. The molecule has 1 aromatic heterocycles. The van der Waals surface area contributed by atoms with Crippen molar-refractivity contribution in [1.29, 1.82) is 0 Å². The molecule has 25 heavy (non-hydrogen) atoms. The lowest BCUT2D eigenvalue weighted by Crippen LogP contribution is -2.38. The van der Waals surface area contributed by atoms with Crippen LogP contribution in [0.1, 0.15) is 55.3 Å². The van der Waals surface area contributed by atoms with Crippen molar-refractivity contribution in [2.45, 2.75) is 51.7 Å². The van der Waals surface area contributed by atoms with Gasteiger partial charge in [-0.05, 0) is 37.0 Å². The van der Waals surface area contributed by atoms with Gasteiger partial charge in [-0.2, -0.15) is 0 Å². The van der Waals surface area contributed by atoms with Crippen LogP contribution in [0.25, 0.3) is 11.5 Å². The molecular weight excluding hydrogens is 318 g/mol. The number of amides is 1. The summed E-state index contributed by atoms with van der Waals surface area (Å²) < 4.78 is 10.5. The number of methoxy groups -OCH3 is 1. The van der Waals surface area contributed by atoms with Gasteiger partial charge >= 0.3 is 0 Å². The van der Waals surface area contributed by atoms with E-state index in [1.807, 2.05) is 18.2 Å². The smallest absolute Gasteiger partial charge is 0.251 e. The van der Waals surface area contributed by atoms with Crippen molar-refractivity contribution >= 4 is 5.91 Å². The summed E-state index contributed by atoms with van der Waals surface area (Å²) in [6.45, 7) is 2.49. The van der Waals surface area contributed by atoms with Crippen LogP contribution in [0.4, 0.5) is 0 Å². The molecule has 1 aliphatic rings. The van der Waals surface area contributed by atoms with Crippen molar-refractivity contribution in [1.82, 2.24) is 15.5 Å². The molecule has 134 valence electrons. The molecule has 0 bridgehead atoms. The second-order valence-corrected chi connectivity index (χ2v) is 6.63. The number of carbonyl (C=O) groups excluding carboxylic acids is 1. The van der Waals surface area contributed by atoms with Crippen LogP contribution in [0.5, 0.6) is 0 Å². The zero-order valence-electron chi connectivity index (χ0n) is 14.8. The number of benzene rings is 1. The molecule has 6 heteroatoms. The van der Waals surface area contributed by atoms with E-state index in [0.29, 0.717) is 17.3 Å². The molecule has 3 rings (SSSR count). The Morgan fingerprint density at radius 2 is 2.24 bits per heavy atom. The number of nitrogens with one attached hydrogen (secondary N) is 1. The average molecular weight is 343 g/mol. The van der Waals surface area contributed by atoms with E-state index in [0.717, 1.165) is 24.3 Å². The highest BCUT2D eigenvalue weighted by molar-refractivity contribution is 5.95. The number of ether oxygens (including phenoxy) is 1. The number of aromatic nitrogens is 2. The Kier molecular flexibility index (Phi) is 5.81. The number of rotatable bonds is 6. The molecule has 0 radical (unpaired) electrons. The van der Waals surface area contributed by atoms with Crippen molar-refractivity contribution in [2.75, 3.05) is 7.11 Å². The van der Waals surface area contributed by atoms with Gasteiger partial charge in [-0.3, -0.25) is 4.79 Å². The van der Waals surface area contributed by atoms with E-state index in [-0.39, 0.29) is 18.6 Å². The Morgan fingerprint density at radius 3 is 3.04 bits per heavy atom. The van der Waals surface area contributed by atoms with E-state index in [1.54, 1.807) is 13.2 Å². The molecule has 0 unspecified atom stereocenters. The van der Waals surface area contributed by atoms with Crippen LogP contribution in [0.3, 0.4) is 0 Å². The topological polar surface area (TPSA) is 77.2 Å². The van der Waals surface area contributed by atoms with Gasteiger partial charge in [0.2, 0.25) is 11.8 Å². The minimum absolute atomic E-state index is 0.0415. The highest BCUT2D eigenvalue weighted by Gasteiger charge is 2.22. The summed E-state index contributed by atoms with van der Waals surface area (Å²) in [5.41, 5.74) is 1.35. The van der Waals surface area contributed by atoms with Crippen molar-refractivity contribution in [3.05, 3.63) is 35.7 Å². The van der Waals surface area contributed by atoms with E-state index in [4.69, 9.17) is 9.15 Å². The lowest BCUT2D eigenvalue weighted by Gasteiger charge is -2.29. The predicted octanol–water partition coefficient (Wildman–Crippen LogP) is 3.58. The van der Waals surface area contributed by atoms with Gasteiger partial charge in [0.05, 0.1) is 0 Å². The standard InChI is InChI=1S/C19H25N3O3/c1-3-13-6-4-9-16(10-13)20-18(23)14-7-5-8-15(11-14)19-22-21-17(25-19)12-24-2/h5,7-8,11,13,16H,3-4,6,9-10,12H2,1-2H3,(H,20,23)/t13-,16-/m0/s1. The molecule has 2 atom stereocenters. The molecule has 1 heterocycles. The first-order valence-electron chi connectivity index (χ1n) is 8.92. The third-order valence-corrected chi connectivity index (χ3v) is 4.80. The van der Waals surface area contributed by atoms with Crippen molar-refractivity contribution in [2.24, 2.45) is 5.92 Å². The predicted molar refractivity (Wildman–Crippen MR) is 94.0 cm³/mol. The maximum Gasteiger partial charge on any atom is 0.251 e. The Labute approximate surface area is 148 Å². The second kappa shape index (κ2) is 8.25. The minimum atomic E-state index is -0.0415. The van der Waals surface area contributed by atoms with Gasteiger partial charge in [-0.1, -0.05) is 32.3 Å². The summed E-state index contributed by atoms with van der Waals surface area (Å²) >= 11 is 0. The fourth-order valence-electron chi connectivity index (χ4n) is 3.41. The molecule has 1 amide bonds. The Morgan fingerprint density at radius 1 is 1.36 bits per heavy atom. The maximum absolute atomic E-state index is 12.6. The normalized spacial score (nSPS) is 20.4. The van der Waals surface area contributed by atoms with Crippen molar-refractivity contribution < 1.29 is 13.9 Å². The quantitative estimate of drug-likeness (QED) is 0.867. The van der Waals surface area contributed by atoms with Crippen molar-refractivity contribution in [3.8, 4) is 11.5 Å². The third-order valence-electron chi connectivity index (χ3n) is 4.80. The van der Waals surface area contributed by atoms with E-state index >= 15 is 0 Å². The maximum atomic E-state index is 12.6. The van der Waals surface area contributed by atoms with Gasteiger partial charge in [-0.25, -0.2) is 0 Å².